The van der Waals surface area contributed by atoms with E-state index in [1.54, 1.807) is 43.6 Å². The largest absolute Gasteiger partial charge is 0.285 e. The van der Waals surface area contributed by atoms with Crippen molar-refractivity contribution in [3.05, 3.63) is 58.2 Å². The molecule has 1 unspecified atom stereocenters. The first-order valence-corrected chi connectivity index (χ1v) is 7.83. The summed E-state index contributed by atoms with van der Waals surface area (Å²) in [5, 5.41) is 8.17. The maximum atomic E-state index is 11.9. The lowest BCUT2D eigenvalue weighted by Gasteiger charge is -2.09. The molecule has 2 rings (SSSR count). The van der Waals surface area contributed by atoms with E-state index in [9.17, 15) is 8.42 Å². The van der Waals surface area contributed by atoms with Gasteiger partial charge >= 0.3 is 0 Å². The first-order valence-electron chi connectivity index (χ1n) is 5.91. The maximum absolute atomic E-state index is 11.9. The fourth-order valence-corrected chi connectivity index (χ4v) is 2.76. The summed E-state index contributed by atoms with van der Waals surface area (Å²) in [4.78, 5) is 0. The van der Waals surface area contributed by atoms with Gasteiger partial charge in [-0.1, -0.05) is 23.7 Å². The normalized spacial score (nSPS) is 13.7. The number of rotatable bonds is 5. The molecule has 1 heterocycles. The lowest BCUT2D eigenvalue weighted by Crippen LogP contribution is -2.24. The van der Waals surface area contributed by atoms with Crippen molar-refractivity contribution in [2.45, 2.75) is 13.0 Å². The van der Waals surface area contributed by atoms with E-state index >= 15 is 0 Å². The molecule has 0 fully saturated rings. The second-order valence-electron chi connectivity index (χ2n) is 4.27. The van der Waals surface area contributed by atoms with E-state index in [0.717, 1.165) is 16.5 Å². The number of benzene rings is 1. The third-order valence-corrected chi connectivity index (χ3v) is 4.10. The molecule has 0 aliphatic carbocycles. The number of nitrogens with zero attached hydrogens (tertiary/aromatic N) is 1. The van der Waals surface area contributed by atoms with Crippen molar-refractivity contribution in [1.82, 2.24) is 14.9 Å². The second kappa shape index (κ2) is 6.21. The average molecular weight is 312 g/mol. The van der Waals surface area contributed by atoms with Crippen LogP contribution in [0.2, 0.25) is 5.02 Å². The van der Waals surface area contributed by atoms with Crippen molar-refractivity contribution < 1.29 is 8.42 Å². The maximum Gasteiger partial charge on any atom is 0.234 e. The highest BCUT2D eigenvalue weighted by Crippen LogP contribution is 2.13. The Hall–Kier alpha value is -1.63. The first-order chi connectivity index (χ1) is 9.46. The summed E-state index contributed by atoms with van der Waals surface area (Å²) in [6.45, 7) is 1.75. The summed E-state index contributed by atoms with van der Waals surface area (Å²) in [5.74, 6) is 0. The second-order valence-corrected chi connectivity index (χ2v) is 6.30. The molecule has 2 N–H and O–H groups in total. The number of hydrogen-bond acceptors (Lipinski definition) is 3. The van der Waals surface area contributed by atoms with Gasteiger partial charge in [0.05, 0.1) is 6.20 Å². The van der Waals surface area contributed by atoms with Gasteiger partial charge in [0.25, 0.3) is 0 Å². The van der Waals surface area contributed by atoms with Crippen molar-refractivity contribution in [2.24, 2.45) is 0 Å². The quantitative estimate of drug-likeness (QED) is 0.891. The van der Waals surface area contributed by atoms with Crippen LogP contribution in [-0.4, -0.2) is 18.6 Å². The summed E-state index contributed by atoms with van der Waals surface area (Å²) in [6, 6.07) is 6.54. The molecule has 0 amide bonds. The molecule has 0 aliphatic heterocycles. The topological polar surface area (TPSA) is 74.8 Å². The summed E-state index contributed by atoms with van der Waals surface area (Å²) >= 11 is 5.76. The van der Waals surface area contributed by atoms with Crippen LogP contribution in [0.5, 0.6) is 0 Å². The van der Waals surface area contributed by atoms with Gasteiger partial charge < -0.3 is 0 Å². The zero-order valence-corrected chi connectivity index (χ0v) is 12.3. The molecule has 1 atom stereocenters. The Morgan fingerprint density at radius 3 is 2.65 bits per heavy atom. The number of halogens is 1. The Bertz CT molecular complexity index is 679. The van der Waals surface area contributed by atoms with Crippen molar-refractivity contribution in [2.75, 3.05) is 0 Å². The van der Waals surface area contributed by atoms with Gasteiger partial charge in [0.15, 0.2) is 0 Å². The van der Waals surface area contributed by atoms with Crippen molar-refractivity contribution in [3.8, 4) is 0 Å². The molecule has 106 valence electrons. The van der Waals surface area contributed by atoms with Crippen molar-refractivity contribution >= 4 is 27.7 Å². The van der Waals surface area contributed by atoms with E-state index in [4.69, 9.17) is 11.6 Å². The van der Waals surface area contributed by atoms with E-state index in [0.29, 0.717) is 5.02 Å². The van der Waals surface area contributed by atoms with Crippen LogP contribution in [0, 0.1) is 0 Å². The summed E-state index contributed by atoms with van der Waals surface area (Å²) in [6.07, 6.45) is 4.74. The molecular formula is C13H14ClN3O2S. The molecule has 20 heavy (non-hydrogen) atoms. The van der Waals surface area contributed by atoms with Gasteiger partial charge in [-0.3, -0.25) is 5.10 Å². The number of hydrogen-bond donors (Lipinski definition) is 2. The monoisotopic (exact) mass is 311 g/mol. The van der Waals surface area contributed by atoms with Crippen LogP contribution in [0.3, 0.4) is 0 Å². The average Bonchev–Trinajstić information content (AvgIpc) is 2.91. The van der Waals surface area contributed by atoms with E-state index in [2.05, 4.69) is 14.9 Å². The predicted molar refractivity (Wildman–Crippen MR) is 79.5 cm³/mol. The fourth-order valence-electron chi connectivity index (χ4n) is 1.59. The third-order valence-electron chi connectivity index (χ3n) is 2.67. The zero-order chi connectivity index (χ0) is 14.6. The molecule has 0 aliphatic rings. The summed E-state index contributed by atoms with van der Waals surface area (Å²) < 4.78 is 26.4. The van der Waals surface area contributed by atoms with Crippen molar-refractivity contribution in [3.63, 3.8) is 0 Å². The Kier molecular flexibility index (Phi) is 4.59. The Labute approximate surface area is 122 Å². The highest BCUT2D eigenvalue weighted by molar-refractivity contribution is 7.92. The lowest BCUT2D eigenvalue weighted by molar-refractivity contribution is 0.576. The number of aromatic nitrogens is 2. The lowest BCUT2D eigenvalue weighted by atomic mass is 10.2. The standard InChI is InChI=1S/C13H14ClN3O2S/c1-10(12-8-15-16-9-12)17-20(18,19)7-6-11-2-4-13(14)5-3-11/h2-10,17H,1H3,(H,15,16)/b7-6+. The van der Waals surface area contributed by atoms with Crippen LogP contribution in [0.4, 0.5) is 0 Å². The minimum atomic E-state index is -3.52. The molecule has 2 aromatic rings. The molecule has 7 heteroatoms. The highest BCUT2D eigenvalue weighted by Gasteiger charge is 2.13. The van der Waals surface area contributed by atoms with Gasteiger partial charge in [-0.2, -0.15) is 5.10 Å². The van der Waals surface area contributed by atoms with E-state index in [1.165, 1.54) is 6.08 Å². The fraction of sp³-hybridized carbons (Fsp3) is 0.154. The number of sulfonamides is 1. The third kappa shape index (κ3) is 4.19. The van der Waals surface area contributed by atoms with Crippen LogP contribution < -0.4 is 4.72 Å². The van der Waals surface area contributed by atoms with Crippen LogP contribution in [0.25, 0.3) is 6.08 Å². The Morgan fingerprint density at radius 2 is 2.05 bits per heavy atom. The Balaban J connectivity index is 2.05. The molecule has 0 saturated carbocycles. The molecular weight excluding hydrogens is 298 g/mol. The number of nitrogens with one attached hydrogen (secondary N) is 2. The van der Waals surface area contributed by atoms with Crippen LogP contribution in [-0.2, 0) is 10.0 Å². The zero-order valence-electron chi connectivity index (χ0n) is 10.7. The predicted octanol–water partition coefficient (Wildman–Crippen LogP) is 2.71. The van der Waals surface area contributed by atoms with Crippen molar-refractivity contribution in [1.29, 1.82) is 0 Å². The minimum Gasteiger partial charge on any atom is -0.285 e. The molecule has 0 saturated heterocycles. The first kappa shape index (κ1) is 14.8. The van der Waals surface area contributed by atoms with Gasteiger partial charge in [-0.15, -0.1) is 0 Å². The van der Waals surface area contributed by atoms with Gasteiger partial charge in [0.2, 0.25) is 10.0 Å². The van der Waals surface area contributed by atoms with E-state index in [-0.39, 0.29) is 6.04 Å². The summed E-state index contributed by atoms with van der Waals surface area (Å²) in [5.41, 5.74) is 1.53. The SMILES string of the molecule is CC(NS(=O)(=O)/C=C/c1ccc(Cl)cc1)c1cn[nH]c1. The van der Waals surface area contributed by atoms with Crippen LogP contribution in [0.15, 0.2) is 42.1 Å². The molecule has 5 nitrogen and oxygen atoms in total. The number of H-pyrrole nitrogens is 1. The minimum absolute atomic E-state index is 0.353. The van der Waals surface area contributed by atoms with Gasteiger partial charge in [-0.25, -0.2) is 13.1 Å². The smallest absolute Gasteiger partial charge is 0.234 e. The number of aromatic amines is 1. The van der Waals surface area contributed by atoms with Gasteiger partial charge in [-0.05, 0) is 30.7 Å². The van der Waals surface area contributed by atoms with E-state index in [1.807, 2.05) is 0 Å². The highest BCUT2D eigenvalue weighted by atomic mass is 35.5. The van der Waals surface area contributed by atoms with Gasteiger partial charge in [0.1, 0.15) is 0 Å². The Morgan fingerprint density at radius 1 is 1.35 bits per heavy atom. The molecule has 0 bridgehead atoms. The summed E-state index contributed by atoms with van der Waals surface area (Å²) in [7, 11) is -3.52. The van der Waals surface area contributed by atoms with Crippen LogP contribution >= 0.6 is 11.6 Å². The molecule has 0 radical (unpaired) electrons. The molecule has 1 aromatic carbocycles. The van der Waals surface area contributed by atoms with E-state index < -0.39 is 10.0 Å². The van der Waals surface area contributed by atoms with Gasteiger partial charge in [0, 0.05) is 28.2 Å². The molecule has 1 aromatic heterocycles. The molecule has 0 spiro atoms. The van der Waals surface area contributed by atoms with Crippen LogP contribution in [0.1, 0.15) is 24.1 Å².